The molecule has 3 atom stereocenters. The molecule has 0 saturated heterocycles. The van der Waals surface area contributed by atoms with Gasteiger partial charge in [-0.1, -0.05) is 36.8 Å². The smallest absolute Gasteiger partial charge is 0.254 e. The molecule has 0 radical (unpaired) electrons. The molecule has 27 heavy (non-hydrogen) atoms. The zero-order valence-corrected chi connectivity index (χ0v) is 16.6. The van der Waals surface area contributed by atoms with Crippen molar-refractivity contribution in [2.45, 2.75) is 43.6 Å². The van der Waals surface area contributed by atoms with Crippen molar-refractivity contribution in [2.24, 2.45) is 17.8 Å². The van der Waals surface area contributed by atoms with Crippen molar-refractivity contribution < 1.29 is 4.79 Å². The second-order valence-corrected chi connectivity index (χ2v) is 9.02. The predicted molar refractivity (Wildman–Crippen MR) is 111 cm³/mol. The van der Waals surface area contributed by atoms with Crippen LogP contribution in [0.25, 0.3) is 0 Å². The van der Waals surface area contributed by atoms with E-state index in [0.29, 0.717) is 5.92 Å². The number of aryl methyl sites for hydroxylation is 1. The van der Waals surface area contributed by atoms with Crippen molar-refractivity contribution in [2.75, 3.05) is 12.3 Å². The summed E-state index contributed by atoms with van der Waals surface area (Å²) in [5.41, 5.74) is 2.09. The maximum atomic E-state index is 12.7. The molecule has 0 aliphatic heterocycles. The number of nitrogens with one attached hydrogen (secondary N) is 1. The van der Waals surface area contributed by atoms with Gasteiger partial charge in [-0.05, 0) is 73.3 Å². The lowest BCUT2D eigenvalue weighted by Gasteiger charge is -2.22. The van der Waals surface area contributed by atoms with Crippen molar-refractivity contribution in [3.63, 3.8) is 0 Å². The van der Waals surface area contributed by atoms with Crippen molar-refractivity contribution >= 4 is 17.7 Å². The highest BCUT2D eigenvalue weighted by Gasteiger charge is 2.39. The van der Waals surface area contributed by atoms with E-state index in [1.807, 2.05) is 18.2 Å². The number of nitrogens with zero attached hydrogens (tertiary/aromatic N) is 1. The monoisotopic (exact) mass is 380 g/mol. The van der Waals surface area contributed by atoms with Crippen LogP contribution in [-0.2, 0) is 6.42 Å². The lowest BCUT2D eigenvalue weighted by atomic mass is 9.89. The van der Waals surface area contributed by atoms with Gasteiger partial charge < -0.3 is 5.32 Å². The molecule has 1 amide bonds. The lowest BCUT2D eigenvalue weighted by molar-refractivity contribution is 0.0938. The Labute approximate surface area is 166 Å². The van der Waals surface area contributed by atoms with Gasteiger partial charge in [0.1, 0.15) is 5.03 Å². The molecule has 1 N–H and O–H groups in total. The SMILES string of the molecule is O=C(NCC1CC2CCC1C2)c1cccnc1SCCCc1ccccc1. The summed E-state index contributed by atoms with van der Waals surface area (Å²) >= 11 is 1.69. The highest BCUT2D eigenvalue weighted by molar-refractivity contribution is 7.99. The van der Waals surface area contributed by atoms with E-state index in [1.165, 1.54) is 31.2 Å². The maximum absolute atomic E-state index is 12.7. The van der Waals surface area contributed by atoms with Gasteiger partial charge in [0.15, 0.2) is 0 Å². The van der Waals surface area contributed by atoms with E-state index in [9.17, 15) is 4.79 Å². The van der Waals surface area contributed by atoms with Crippen molar-refractivity contribution in [3.8, 4) is 0 Å². The van der Waals surface area contributed by atoms with Gasteiger partial charge in [-0.15, -0.1) is 11.8 Å². The third-order valence-electron chi connectivity index (χ3n) is 6.12. The van der Waals surface area contributed by atoms with Crippen LogP contribution in [0.3, 0.4) is 0 Å². The standard InChI is InChI=1S/C23H28N2OS/c26-22(25-16-20-15-18-10-11-19(20)14-18)21-9-4-12-24-23(21)27-13-5-8-17-6-2-1-3-7-17/h1-4,6-7,9,12,18-20H,5,8,10-11,13-16H2,(H,25,26). The molecule has 0 spiro atoms. The fourth-order valence-corrected chi connectivity index (χ4v) is 5.65. The van der Waals surface area contributed by atoms with Gasteiger partial charge in [0.25, 0.3) is 5.91 Å². The third kappa shape index (κ3) is 4.73. The number of benzene rings is 1. The molecule has 142 valence electrons. The summed E-state index contributed by atoms with van der Waals surface area (Å²) in [6, 6.07) is 14.3. The molecule has 2 aliphatic carbocycles. The highest BCUT2D eigenvalue weighted by atomic mass is 32.2. The van der Waals surface area contributed by atoms with Gasteiger partial charge in [0.2, 0.25) is 0 Å². The Morgan fingerprint density at radius 3 is 2.78 bits per heavy atom. The molecule has 1 aromatic carbocycles. The van der Waals surface area contributed by atoms with Gasteiger partial charge in [-0.25, -0.2) is 4.98 Å². The normalized spacial score (nSPS) is 23.5. The molecule has 3 unspecified atom stereocenters. The van der Waals surface area contributed by atoms with E-state index in [1.54, 1.807) is 18.0 Å². The quantitative estimate of drug-likeness (QED) is 0.519. The Morgan fingerprint density at radius 2 is 2.00 bits per heavy atom. The molecule has 3 nitrogen and oxygen atoms in total. The van der Waals surface area contributed by atoms with Crippen LogP contribution >= 0.6 is 11.8 Å². The van der Waals surface area contributed by atoms with Gasteiger partial charge >= 0.3 is 0 Å². The molecular weight excluding hydrogens is 352 g/mol. The van der Waals surface area contributed by atoms with Crippen LogP contribution in [0.4, 0.5) is 0 Å². The summed E-state index contributed by atoms with van der Waals surface area (Å²) < 4.78 is 0. The minimum absolute atomic E-state index is 0.0384. The zero-order chi connectivity index (χ0) is 18.5. The number of pyridine rings is 1. The van der Waals surface area contributed by atoms with E-state index < -0.39 is 0 Å². The Balaban J connectivity index is 1.27. The van der Waals surface area contributed by atoms with E-state index in [4.69, 9.17) is 0 Å². The second kappa shape index (κ2) is 8.92. The number of fused-ring (bicyclic) bond motifs is 2. The van der Waals surface area contributed by atoms with Crippen LogP contribution in [0.1, 0.15) is 48.0 Å². The first kappa shape index (κ1) is 18.5. The number of carbonyl (C=O) groups excluding carboxylic acids is 1. The summed E-state index contributed by atoms with van der Waals surface area (Å²) in [4.78, 5) is 17.2. The molecule has 2 bridgehead atoms. The zero-order valence-electron chi connectivity index (χ0n) is 15.8. The lowest BCUT2D eigenvalue weighted by Crippen LogP contribution is -2.32. The minimum atomic E-state index is 0.0384. The van der Waals surface area contributed by atoms with E-state index in [0.717, 1.165) is 47.6 Å². The maximum Gasteiger partial charge on any atom is 0.254 e. The Bertz CT molecular complexity index is 764. The molecular formula is C23H28N2OS. The Kier molecular flexibility index (Phi) is 6.13. The third-order valence-corrected chi connectivity index (χ3v) is 7.21. The Hall–Kier alpha value is -1.81. The van der Waals surface area contributed by atoms with E-state index >= 15 is 0 Å². The van der Waals surface area contributed by atoms with Crippen LogP contribution in [0, 0.1) is 17.8 Å². The molecule has 4 rings (SSSR count). The molecule has 2 saturated carbocycles. The van der Waals surface area contributed by atoms with Gasteiger partial charge in [0, 0.05) is 12.7 Å². The van der Waals surface area contributed by atoms with Crippen LogP contribution in [0.5, 0.6) is 0 Å². The summed E-state index contributed by atoms with van der Waals surface area (Å²) in [5.74, 6) is 3.46. The van der Waals surface area contributed by atoms with Crippen LogP contribution in [0.2, 0.25) is 0 Å². The highest BCUT2D eigenvalue weighted by Crippen LogP contribution is 2.47. The fraction of sp³-hybridized carbons (Fsp3) is 0.478. The second-order valence-electron chi connectivity index (χ2n) is 7.94. The van der Waals surface area contributed by atoms with Crippen molar-refractivity contribution in [1.82, 2.24) is 10.3 Å². The number of amides is 1. The summed E-state index contributed by atoms with van der Waals surface area (Å²) in [6.45, 7) is 0.826. The van der Waals surface area contributed by atoms with Crippen molar-refractivity contribution in [1.29, 1.82) is 0 Å². The number of thioether (sulfide) groups is 1. The average molecular weight is 381 g/mol. The summed E-state index contributed by atoms with van der Waals surface area (Å²) in [6.07, 6.45) is 9.38. The first-order valence-corrected chi connectivity index (χ1v) is 11.2. The molecule has 1 aromatic heterocycles. The first-order valence-electron chi connectivity index (χ1n) is 10.2. The largest absolute Gasteiger partial charge is 0.352 e. The minimum Gasteiger partial charge on any atom is -0.352 e. The average Bonchev–Trinajstić information content (AvgIpc) is 3.34. The molecule has 2 fully saturated rings. The topological polar surface area (TPSA) is 42.0 Å². The fourth-order valence-electron chi connectivity index (χ4n) is 4.71. The molecule has 2 aliphatic rings. The Morgan fingerprint density at radius 1 is 1.11 bits per heavy atom. The van der Waals surface area contributed by atoms with E-state index in [2.05, 4.69) is 34.6 Å². The van der Waals surface area contributed by atoms with Crippen LogP contribution in [0.15, 0.2) is 53.7 Å². The van der Waals surface area contributed by atoms with Crippen LogP contribution < -0.4 is 5.32 Å². The molecule has 1 heterocycles. The summed E-state index contributed by atoms with van der Waals surface area (Å²) in [7, 11) is 0. The van der Waals surface area contributed by atoms with Gasteiger partial charge in [-0.2, -0.15) is 0 Å². The number of hydrogen-bond donors (Lipinski definition) is 1. The number of rotatable bonds is 8. The predicted octanol–water partition coefficient (Wildman–Crippen LogP) is 4.97. The van der Waals surface area contributed by atoms with Gasteiger partial charge in [0.05, 0.1) is 5.56 Å². The number of carbonyl (C=O) groups is 1. The molecule has 2 aromatic rings. The van der Waals surface area contributed by atoms with Gasteiger partial charge in [-0.3, -0.25) is 4.79 Å². The first-order chi connectivity index (χ1) is 13.3. The van der Waals surface area contributed by atoms with Crippen molar-refractivity contribution in [3.05, 3.63) is 59.8 Å². The van der Waals surface area contributed by atoms with Crippen LogP contribution in [-0.4, -0.2) is 23.2 Å². The molecule has 4 heteroatoms. The van der Waals surface area contributed by atoms with E-state index in [-0.39, 0.29) is 5.91 Å². The summed E-state index contributed by atoms with van der Waals surface area (Å²) in [5, 5.41) is 4.05. The number of aromatic nitrogens is 1. The number of hydrogen-bond acceptors (Lipinski definition) is 3.